The Morgan fingerprint density at radius 2 is 1.89 bits per heavy atom. The average Bonchev–Trinajstić information content (AvgIpc) is 2.20. The highest BCUT2D eigenvalue weighted by molar-refractivity contribution is 5.77. The molecule has 6 nitrogen and oxygen atoms in total. The van der Waals surface area contributed by atoms with Gasteiger partial charge in [0.1, 0.15) is 0 Å². The van der Waals surface area contributed by atoms with E-state index >= 15 is 0 Å². The van der Waals surface area contributed by atoms with Crippen LogP contribution in [0.2, 0.25) is 0 Å². The van der Waals surface area contributed by atoms with Crippen LogP contribution in [0.5, 0.6) is 0 Å². The van der Waals surface area contributed by atoms with Crippen LogP contribution in [0.4, 0.5) is 13.2 Å². The molecule has 3 N–H and O–H groups in total. The molecule has 18 heavy (non-hydrogen) atoms. The van der Waals surface area contributed by atoms with E-state index in [0.29, 0.717) is 0 Å². The summed E-state index contributed by atoms with van der Waals surface area (Å²) in [6.45, 7) is -1.41. The van der Waals surface area contributed by atoms with Gasteiger partial charge >= 0.3 is 12.1 Å². The van der Waals surface area contributed by atoms with E-state index in [2.05, 4.69) is 5.32 Å². The van der Waals surface area contributed by atoms with E-state index in [1.54, 1.807) is 0 Å². The van der Waals surface area contributed by atoms with E-state index in [4.69, 9.17) is 9.84 Å². The average molecular weight is 272 g/mol. The number of carbonyl (C=O) groups is 2. The Balaban J connectivity index is 3.35. The molecule has 0 bridgehead atoms. The van der Waals surface area contributed by atoms with Gasteiger partial charge in [-0.15, -0.1) is 0 Å². The highest BCUT2D eigenvalue weighted by Gasteiger charge is 2.26. The lowest BCUT2D eigenvalue weighted by Gasteiger charge is -2.08. The fraction of sp³-hybridized carbons (Fsp3) is 0.778. The van der Waals surface area contributed by atoms with Crippen molar-refractivity contribution in [2.24, 2.45) is 0 Å². The Labute approximate surface area is 101 Å². The second-order valence-electron chi connectivity index (χ2n) is 3.32. The number of hydrogen-bond acceptors (Lipinski definition) is 4. The maximum Gasteiger partial charge on any atom is 0.401 e. The van der Waals surface area contributed by atoms with Crippen LogP contribution < -0.4 is 10.6 Å². The van der Waals surface area contributed by atoms with Crippen molar-refractivity contribution in [3.05, 3.63) is 0 Å². The lowest BCUT2D eigenvalue weighted by atomic mass is 10.5. The molecule has 0 aliphatic rings. The number of carbonyl (C=O) groups excluding carboxylic acids is 1. The number of ether oxygens (including phenoxy) is 1. The van der Waals surface area contributed by atoms with Gasteiger partial charge in [-0.2, -0.15) is 13.2 Å². The van der Waals surface area contributed by atoms with Crippen LogP contribution in [0.15, 0.2) is 0 Å². The summed E-state index contributed by atoms with van der Waals surface area (Å²) >= 11 is 0. The molecule has 0 saturated heterocycles. The van der Waals surface area contributed by atoms with Crippen molar-refractivity contribution in [2.75, 3.05) is 32.8 Å². The molecule has 9 heteroatoms. The Hall–Kier alpha value is -1.35. The Bertz CT molecular complexity index is 271. The largest absolute Gasteiger partial charge is 0.481 e. The van der Waals surface area contributed by atoms with Crippen molar-refractivity contribution >= 4 is 11.9 Å². The summed E-state index contributed by atoms with van der Waals surface area (Å²) in [5.74, 6) is -1.57. The Kier molecular flexibility index (Phi) is 8.05. The third-order valence-corrected chi connectivity index (χ3v) is 1.64. The SMILES string of the molecule is O=C(O)CCOCCNC(=O)CNCC(F)(F)F. The predicted octanol–water partition coefficient (Wildman–Crippen LogP) is -0.254. The van der Waals surface area contributed by atoms with E-state index in [-0.39, 0.29) is 26.2 Å². The van der Waals surface area contributed by atoms with Gasteiger partial charge < -0.3 is 20.5 Å². The summed E-state index contributed by atoms with van der Waals surface area (Å²) in [4.78, 5) is 21.1. The molecule has 0 unspecified atom stereocenters. The normalized spacial score (nSPS) is 11.3. The van der Waals surface area contributed by atoms with Gasteiger partial charge in [0.2, 0.25) is 5.91 Å². The summed E-state index contributed by atoms with van der Waals surface area (Å²) in [6.07, 6.45) is -4.48. The fourth-order valence-electron chi connectivity index (χ4n) is 0.904. The quantitative estimate of drug-likeness (QED) is 0.504. The topological polar surface area (TPSA) is 87.7 Å². The molecule has 0 aliphatic heterocycles. The molecule has 0 heterocycles. The summed E-state index contributed by atoms with van der Waals surface area (Å²) in [7, 11) is 0. The first-order valence-corrected chi connectivity index (χ1v) is 5.15. The van der Waals surface area contributed by atoms with Gasteiger partial charge in [0, 0.05) is 6.54 Å². The number of carboxylic acid groups (broad SMARTS) is 1. The number of rotatable bonds is 9. The number of halogens is 3. The van der Waals surface area contributed by atoms with E-state index in [9.17, 15) is 22.8 Å². The molecule has 0 aromatic heterocycles. The minimum absolute atomic E-state index is 0.0253. The summed E-state index contributed by atoms with van der Waals surface area (Å²) in [5.41, 5.74) is 0. The number of carboxylic acids is 1. The number of alkyl halides is 3. The van der Waals surface area contributed by atoms with Crippen molar-refractivity contribution in [1.29, 1.82) is 0 Å². The minimum atomic E-state index is -4.35. The summed E-state index contributed by atoms with van der Waals surface area (Å²) in [5, 5.41) is 12.5. The van der Waals surface area contributed by atoms with Crippen molar-refractivity contribution < 1.29 is 32.6 Å². The lowest BCUT2D eigenvalue weighted by molar-refractivity contribution is -0.138. The molecular weight excluding hydrogens is 257 g/mol. The molecule has 106 valence electrons. The van der Waals surface area contributed by atoms with Crippen molar-refractivity contribution in [2.45, 2.75) is 12.6 Å². The maximum absolute atomic E-state index is 11.7. The van der Waals surface area contributed by atoms with Gasteiger partial charge in [-0.05, 0) is 0 Å². The number of nitrogens with one attached hydrogen (secondary N) is 2. The van der Waals surface area contributed by atoms with Crippen LogP contribution in [0.3, 0.4) is 0 Å². The first-order chi connectivity index (χ1) is 8.31. The van der Waals surface area contributed by atoms with Gasteiger partial charge in [-0.1, -0.05) is 0 Å². The lowest BCUT2D eigenvalue weighted by Crippen LogP contribution is -2.39. The fourth-order valence-corrected chi connectivity index (χ4v) is 0.904. The van der Waals surface area contributed by atoms with Crippen molar-refractivity contribution in [3.63, 3.8) is 0 Å². The molecule has 0 aromatic carbocycles. The Morgan fingerprint density at radius 3 is 2.44 bits per heavy atom. The number of amides is 1. The van der Waals surface area contributed by atoms with E-state index in [0.717, 1.165) is 0 Å². The van der Waals surface area contributed by atoms with E-state index in [1.807, 2.05) is 5.32 Å². The van der Waals surface area contributed by atoms with Gasteiger partial charge in [-0.3, -0.25) is 9.59 Å². The van der Waals surface area contributed by atoms with Crippen LogP contribution in [0.25, 0.3) is 0 Å². The van der Waals surface area contributed by atoms with Crippen molar-refractivity contribution in [3.8, 4) is 0 Å². The zero-order valence-electron chi connectivity index (χ0n) is 9.55. The van der Waals surface area contributed by atoms with Crippen LogP contribution >= 0.6 is 0 Å². The van der Waals surface area contributed by atoms with Crippen LogP contribution in [-0.4, -0.2) is 56.0 Å². The molecule has 0 atom stereocenters. The summed E-state index contributed by atoms with van der Waals surface area (Å²) in [6, 6.07) is 0. The van der Waals surface area contributed by atoms with Crippen LogP contribution in [-0.2, 0) is 14.3 Å². The first kappa shape index (κ1) is 16.6. The van der Waals surface area contributed by atoms with E-state index in [1.165, 1.54) is 0 Å². The Morgan fingerprint density at radius 1 is 1.22 bits per heavy atom. The minimum Gasteiger partial charge on any atom is -0.481 e. The standard InChI is InChI=1S/C9H15F3N2O4/c10-9(11,12)6-13-5-7(15)14-2-4-18-3-1-8(16)17/h13H,1-6H2,(H,14,15)(H,16,17). The van der Waals surface area contributed by atoms with E-state index < -0.39 is 31.1 Å². The van der Waals surface area contributed by atoms with Gasteiger partial charge in [0.05, 0.1) is 32.7 Å². The maximum atomic E-state index is 11.7. The number of aliphatic carboxylic acids is 1. The van der Waals surface area contributed by atoms with Crippen molar-refractivity contribution in [1.82, 2.24) is 10.6 Å². The second-order valence-corrected chi connectivity index (χ2v) is 3.32. The van der Waals surface area contributed by atoms with Gasteiger partial charge in [0.15, 0.2) is 0 Å². The smallest absolute Gasteiger partial charge is 0.401 e. The zero-order chi connectivity index (χ0) is 14.0. The highest BCUT2D eigenvalue weighted by Crippen LogP contribution is 2.11. The molecule has 0 radical (unpaired) electrons. The van der Waals surface area contributed by atoms with Crippen LogP contribution in [0, 0.1) is 0 Å². The molecule has 0 rings (SSSR count). The molecule has 0 fully saturated rings. The van der Waals surface area contributed by atoms with Gasteiger partial charge in [0.25, 0.3) is 0 Å². The van der Waals surface area contributed by atoms with Gasteiger partial charge in [-0.25, -0.2) is 0 Å². The van der Waals surface area contributed by atoms with Crippen LogP contribution in [0.1, 0.15) is 6.42 Å². The predicted molar refractivity (Wildman–Crippen MR) is 55.0 cm³/mol. The molecule has 0 saturated carbocycles. The second kappa shape index (κ2) is 8.70. The third kappa shape index (κ3) is 12.7. The number of hydrogen-bond donors (Lipinski definition) is 3. The molecule has 0 aromatic rings. The summed E-state index contributed by atoms with van der Waals surface area (Å²) < 4.78 is 40.0. The third-order valence-electron chi connectivity index (χ3n) is 1.64. The first-order valence-electron chi connectivity index (χ1n) is 5.15. The molecule has 0 spiro atoms. The molecular formula is C9H15F3N2O4. The monoisotopic (exact) mass is 272 g/mol. The molecule has 1 amide bonds. The highest BCUT2D eigenvalue weighted by atomic mass is 19.4. The molecule has 0 aliphatic carbocycles. The zero-order valence-corrected chi connectivity index (χ0v) is 9.55.